The maximum Gasteiger partial charge on any atom is 0.226 e. The van der Waals surface area contributed by atoms with E-state index in [0.29, 0.717) is 18.8 Å². The predicted molar refractivity (Wildman–Crippen MR) is 105 cm³/mol. The first-order chi connectivity index (χ1) is 13.6. The number of hydrogen-bond donors (Lipinski definition) is 2. The van der Waals surface area contributed by atoms with Gasteiger partial charge in [0.25, 0.3) is 0 Å². The summed E-state index contributed by atoms with van der Waals surface area (Å²) in [6, 6.07) is 15.1. The number of aromatic nitrogens is 3. The summed E-state index contributed by atoms with van der Waals surface area (Å²) in [5, 5.41) is 17.9. The zero-order chi connectivity index (χ0) is 19.3. The molecule has 1 aliphatic heterocycles. The Balaban J connectivity index is 1.61. The number of Topliss-reactive ketones (excluding diaryl/α,β-unsaturated/α-hetero) is 1. The van der Waals surface area contributed by atoms with Crippen molar-refractivity contribution in [1.82, 2.24) is 14.8 Å². The predicted octanol–water partition coefficient (Wildman–Crippen LogP) is 3.71. The number of carbonyl (C=O) groups excluding carboxylic acids is 1. The van der Waals surface area contributed by atoms with Crippen LogP contribution in [0.1, 0.15) is 41.5 Å². The van der Waals surface area contributed by atoms with Crippen molar-refractivity contribution in [2.75, 3.05) is 5.32 Å². The summed E-state index contributed by atoms with van der Waals surface area (Å²) in [6.45, 7) is 2.04. The molecule has 6 nitrogen and oxygen atoms in total. The molecule has 1 aromatic heterocycles. The van der Waals surface area contributed by atoms with Crippen LogP contribution >= 0.6 is 0 Å². The van der Waals surface area contributed by atoms with Gasteiger partial charge < -0.3 is 10.4 Å². The molecule has 6 heteroatoms. The fourth-order valence-electron chi connectivity index (χ4n) is 4.26. The number of anilines is 1. The molecular formula is C22H20N4O2. The van der Waals surface area contributed by atoms with Crippen molar-refractivity contribution in [3.8, 4) is 5.75 Å². The monoisotopic (exact) mass is 372 g/mol. The van der Waals surface area contributed by atoms with Crippen LogP contribution in [-0.2, 0) is 4.79 Å². The van der Waals surface area contributed by atoms with Crippen molar-refractivity contribution in [1.29, 1.82) is 0 Å². The number of benzene rings is 2. The topological polar surface area (TPSA) is 80.0 Å². The van der Waals surface area contributed by atoms with Crippen LogP contribution in [0.4, 0.5) is 5.95 Å². The maximum atomic E-state index is 13.3. The second kappa shape index (κ2) is 6.34. The first-order valence-corrected chi connectivity index (χ1v) is 9.39. The zero-order valence-corrected chi connectivity index (χ0v) is 15.5. The lowest BCUT2D eigenvalue weighted by Gasteiger charge is -2.35. The SMILES string of the molecule is Cc1ccc([C@H]2C3=C(C[C@@H](c4ccccc4O)CC3=O)Nc3ncnn32)cc1. The normalized spacial score (nSPS) is 21.1. The Morgan fingerprint density at radius 1 is 1.11 bits per heavy atom. The Morgan fingerprint density at radius 2 is 1.89 bits per heavy atom. The highest BCUT2D eigenvalue weighted by Gasteiger charge is 2.39. The van der Waals surface area contributed by atoms with Gasteiger partial charge in [-0.1, -0.05) is 48.0 Å². The van der Waals surface area contributed by atoms with Gasteiger partial charge in [-0.2, -0.15) is 10.1 Å². The first kappa shape index (κ1) is 16.7. The number of aromatic hydroxyl groups is 1. The van der Waals surface area contributed by atoms with Crippen molar-refractivity contribution in [3.05, 3.63) is 82.8 Å². The third-order valence-corrected chi connectivity index (χ3v) is 5.63. The number of nitrogens with zero attached hydrogens (tertiary/aromatic N) is 3. The zero-order valence-electron chi connectivity index (χ0n) is 15.5. The Morgan fingerprint density at radius 3 is 2.68 bits per heavy atom. The number of para-hydroxylation sites is 1. The number of fused-ring (bicyclic) bond motifs is 1. The smallest absolute Gasteiger partial charge is 0.226 e. The van der Waals surface area contributed by atoms with E-state index in [9.17, 15) is 9.90 Å². The molecule has 2 N–H and O–H groups in total. The van der Waals surface area contributed by atoms with Crippen molar-refractivity contribution < 1.29 is 9.90 Å². The van der Waals surface area contributed by atoms with Crippen molar-refractivity contribution in [2.24, 2.45) is 0 Å². The number of ketones is 1. The lowest BCUT2D eigenvalue weighted by molar-refractivity contribution is -0.116. The van der Waals surface area contributed by atoms with Crippen LogP contribution in [0, 0.1) is 6.92 Å². The van der Waals surface area contributed by atoms with Crippen LogP contribution < -0.4 is 5.32 Å². The molecule has 2 heterocycles. The molecule has 5 rings (SSSR count). The van der Waals surface area contributed by atoms with E-state index in [2.05, 4.69) is 15.4 Å². The number of carbonyl (C=O) groups is 1. The molecule has 0 radical (unpaired) electrons. The Labute approximate surface area is 162 Å². The van der Waals surface area contributed by atoms with Crippen LogP contribution in [0.15, 0.2) is 66.1 Å². The number of allylic oxidation sites excluding steroid dienone is 2. The van der Waals surface area contributed by atoms with E-state index in [1.54, 1.807) is 16.8 Å². The standard InChI is InChI=1S/C22H20N4O2/c1-13-6-8-14(9-7-13)21-20-17(25-22-23-12-24-26(21)22)10-15(11-19(20)28)16-4-2-3-5-18(16)27/h2-9,12,15,21,27H,10-11H2,1H3,(H,23,24,25)/t15-,21+/m1/s1. The van der Waals surface area contributed by atoms with E-state index < -0.39 is 0 Å². The van der Waals surface area contributed by atoms with Gasteiger partial charge in [-0.05, 0) is 30.5 Å². The van der Waals surface area contributed by atoms with E-state index in [4.69, 9.17) is 0 Å². The van der Waals surface area contributed by atoms with Crippen molar-refractivity contribution in [3.63, 3.8) is 0 Å². The molecule has 2 aliphatic rings. The summed E-state index contributed by atoms with van der Waals surface area (Å²) in [5.74, 6) is 0.885. The van der Waals surface area contributed by atoms with E-state index in [1.165, 1.54) is 11.9 Å². The summed E-state index contributed by atoms with van der Waals surface area (Å²) >= 11 is 0. The Bertz CT molecular complexity index is 1100. The molecule has 28 heavy (non-hydrogen) atoms. The van der Waals surface area contributed by atoms with Gasteiger partial charge in [-0.15, -0.1) is 0 Å². The second-order valence-electron chi connectivity index (χ2n) is 7.45. The van der Waals surface area contributed by atoms with Gasteiger partial charge in [-0.3, -0.25) is 4.79 Å². The first-order valence-electron chi connectivity index (χ1n) is 9.39. The highest BCUT2D eigenvalue weighted by atomic mass is 16.3. The number of nitrogens with one attached hydrogen (secondary N) is 1. The molecule has 140 valence electrons. The lowest BCUT2D eigenvalue weighted by atomic mass is 9.77. The third kappa shape index (κ3) is 2.60. The number of hydrogen-bond acceptors (Lipinski definition) is 5. The third-order valence-electron chi connectivity index (χ3n) is 5.63. The lowest BCUT2D eigenvalue weighted by Crippen LogP contribution is -2.33. The summed E-state index contributed by atoms with van der Waals surface area (Å²) in [7, 11) is 0. The number of phenolic OH excluding ortho intramolecular Hbond substituents is 1. The molecule has 3 aromatic rings. The fourth-order valence-corrected chi connectivity index (χ4v) is 4.26. The molecule has 0 bridgehead atoms. The van der Waals surface area contributed by atoms with Crippen LogP contribution in [-0.4, -0.2) is 25.7 Å². The van der Waals surface area contributed by atoms with Crippen molar-refractivity contribution >= 4 is 11.7 Å². The van der Waals surface area contributed by atoms with Crippen LogP contribution in [0.25, 0.3) is 0 Å². The van der Waals surface area contributed by atoms with Crippen LogP contribution in [0.5, 0.6) is 5.75 Å². The van der Waals surface area contributed by atoms with Crippen LogP contribution in [0.3, 0.4) is 0 Å². The number of phenols is 1. The molecular weight excluding hydrogens is 352 g/mol. The summed E-state index contributed by atoms with van der Waals surface area (Å²) in [5.41, 5.74) is 4.60. The number of aryl methyl sites for hydroxylation is 1. The molecule has 2 aromatic carbocycles. The van der Waals surface area contributed by atoms with Crippen molar-refractivity contribution in [2.45, 2.75) is 31.7 Å². The number of rotatable bonds is 2. The van der Waals surface area contributed by atoms with E-state index in [1.807, 2.05) is 43.3 Å². The highest BCUT2D eigenvalue weighted by molar-refractivity contribution is 6.00. The average molecular weight is 372 g/mol. The highest BCUT2D eigenvalue weighted by Crippen LogP contribution is 2.45. The Hall–Kier alpha value is -3.41. The minimum absolute atomic E-state index is 0.0620. The molecule has 0 saturated carbocycles. The molecule has 0 fully saturated rings. The summed E-state index contributed by atoms with van der Waals surface area (Å²) < 4.78 is 1.78. The molecule has 0 amide bonds. The summed E-state index contributed by atoms with van der Waals surface area (Å²) in [4.78, 5) is 17.6. The quantitative estimate of drug-likeness (QED) is 0.717. The molecule has 0 spiro atoms. The molecule has 0 saturated heterocycles. The summed E-state index contributed by atoms with van der Waals surface area (Å²) in [6.07, 6.45) is 2.52. The van der Waals surface area contributed by atoms with E-state index >= 15 is 0 Å². The van der Waals surface area contributed by atoms with E-state index in [-0.39, 0.29) is 23.5 Å². The molecule has 2 atom stereocenters. The van der Waals surface area contributed by atoms with Crippen LogP contribution in [0.2, 0.25) is 0 Å². The van der Waals surface area contributed by atoms with Gasteiger partial charge in [0.2, 0.25) is 5.95 Å². The van der Waals surface area contributed by atoms with Gasteiger partial charge in [0.05, 0.1) is 0 Å². The molecule has 0 unspecified atom stereocenters. The fraction of sp³-hybridized carbons (Fsp3) is 0.227. The Kier molecular flexibility index (Phi) is 3.79. The second-order valence-corrected chi connectivity index (χ2v) is 7.45. The minimum atomic E-state index is -0.285. The van der Waals surface area contributed by atoms with Gasteiger partial charge in [-0.25, -0.2) is 4.68 Å². The van der Waals surface area contributed by atoms with Gasteiger partial charge >= 0.3 is 0 Å². The van der Waals surface area contributed by atoms with Gasteiger partial charge in [0.1, 0.15) is 18.1 Å². The van der Waals surface area contributed by atoms with Gasteiger partial charge in [0, 0.05) is 23.6 Å². The average Bonchev–Trinajstić information content (AvgIpc) is 3.15. The maximum absolute atomic E-state index is 13.3. The van der Waals surface area contributed by atoms with Gasteiger partial charge in [0.15, 0.2) is 5.78 Å². The minimum Gasteiger partial charge on any atom is -0.508 e. The molecule has 1 aliphatic carbocycles. The largest absolute Gasteiger partial charge is 0.508 e. The van der Waals surface area contributed by atoms with E-state index in [0.717, 1.165) is 22.4 Å².